The molecule has 4 aromatic rings. The highest BCUT2D eigenvalue weighted by molar-refractivity contribution is 7.20. The van der Waals surface area contributed by atoms with Crippen LogP contribution >= 0.6 is 11.3 Å². The first kappa shape index (κ1) is 18.4. The first-order valence-electron chi connectivity index (χ1n) is 9.12. The number of anilines is 1. The second kappa shape index (κ2) is 6.87. The molecule has 4 rings (SSSR count). The van der Waals surface area contributed by atoms with Crippen LogP contribution in [0.2, 0.25) is 0 Å². The lowest BCUT2D eigenvalue weighted by Gasteiger charge is -2.13. The molecule has 3 heterocycles. The highest BCUT2D eigenvalue weighted by Crippen LogP contribution is 2.30. The zero-order chi connectivity index (χ0) is 19.9. The van der Waals surface area contributed by atoms with Crippen molar-refractivity contribution in [3.05, 3.63) is 65.3 Å². The van der Waals surface area contributed by atoms with Crippen LogP contribution in [0.15, 0.2) is 54.7 Å². The van der Waals surface area contributed by atoms with Crippen LogP contribution in [0, 0.1) is 0 Å². The summed E-state index contributed by atoms with van der Waals surface area (Å²) in [5.41, 5.74) is 3.85. The van der Waals surface area contributed by atoms with Crippen LogP contribution < -0.4 is 5.32 Å². The number of nitrogens with one attached hydrogen (secondary N) is 1. The Morgan fingerprint density at radius 1 is 1.07 bits per heavy atom. The summed E-state index contributed by atoms with van der Waals surface area (Å²) in [6.07, 6.45) is 1.85. The van der Waals surface area contributed by atoms with E-state index in [1.54, 1.807) is 4.68 Å². The lowest BCUT2D eigenvalue weighted by Crippen LogP contribution is -2.13. The summed E-state index contributed by atoms with van der Waals surface area (Å²) in [7, 11) is 1.84. The fraction of sp³-hybridized carbons (Fsp3) is 0.227. The number of carbonyl (C=O) groups is 1. The Labute approximate surface area is 168 Å². The third-order valence-corrected chi connectivity index (χ3v) is 5.66. The normalized spacial score (nSPS) is 11.7. The van der Waals surface area contributed by atoms with E-state index in [0.717, 1.165) is 27.0 Å². The smallest absolute Gasteiger partial charge is 0.266 e. The van der Waals surface area contributed by atoms with Crippen LogP contribution in [-0.4, -0.2) is 20.7 Å². The average molecular weight is 391 g/mol. The molecular weight excluding hydrogens is 368 g/mol. The largest absolute Gasteiger partial charge is 0.306 e. The van der Waals surface area contributed by atoms with Crippen LogP contribution in [0.1, 0.15) is 36.1 Å². The lowest BCUT2D eigenvalue weighted by atomic mass is 9.92. The Kier molecular flexibility index (Phi) is 4.51. The summed E-state index contributed by atoms with van der Waals surface area (Å²) >= 11 is 1.45. The van der Waals surface area contributed by atoms with Gasteiger partial charge in [0.25, 0.3) is 5.91 Å². The highest BCUT2D eigenvalue weighted by atomic mass is 32.1. The Balaban J connectivity index is 1.61. The number of carbonyl (C=O) groups excluding carboxylic acids is 1. The van der Waals surface area contributed by atoms with Gasteiger partial charge < -0.3 is 5.32 Å². The minimum absolute atomic E-state index is 0.0733. The molecule has 5 nitrogen and oxygen atoms in total. The van der Waals surface area contributed by atoms with Gasteiger partial charge in [0.05, 0.1) is 20.8 Å². The number of pyridine rings is 1. The molecule has 1 aromatic carbocycles. The lowest BCUT2D eigenvalue weighted by molar-refractivity contribution is 0.102. The van der Waals surface area contributed by atoms with Gasteiger partial charge in [-0.2, -0.15) is 5.10 Å². The summed E-state index contributed by atoms with van der Waals surface area (Å²) in [6.45, 7) is 6.30. The van der Waals surface area contributed by atoms with Crippen molar-refractivity contribution in [2.45, 2.75) is 26.2 Å². The molecule has 3 aromatic heterocycles. The molecule has 0 bridgehead atoms. The zero-order valence-electron chi connectivity index (χ0n) is 16.4. The van der Waals surface area contributed by atoms with Gasteiger partial charge in [0.1, 0.15) is 5.82 Å². The predicted molar refractivity (Wildman–Crippen MR) is 115 cm³/mol. The molecule has 0 aliphatic rings. The molecule has 0 spiro atoms. The fourth-order valence-corrected chi connectivity index (χ4v) is 3.90. The Bertz CT molecular complexity index is 1150. The number of benzene rings is 1. The number of amides is 1. The van der Waals surface area contributed by atoms with E-state index < -0.39 is 0 Å². The number of nitrogens with zero attached hydrogens (tertiary/aromatic N) is 3. The average Bonchev–Trinajstić information content (AvgIpc) is 3.25. The van der Waals surface area contributed by atoms with Crippen LogP contribution in [0.3, 0.4) is 0 Å². The summed E-state index contributed by atoms with van der Waals surface area (Å²) in [5.74, 6) is 0.540. The van der Waals surface area contributed by atoms with Crippen molar-refractivity contribution in [2.24, 2.45) is 7.05 Å². The van der Waals surface area contributed by atoms with Gasteiger partial charge in [-0.1, -0.05) is 51.1 Å². The van der Waals surface area contributed by atoms with E-state index in [-0.39, 0.29) is 11.3 Å². The number of thiophene rings is 1. The van der Waals surface area contributed by atoms with Crippen molar-refractivity contribution in [1.29, 1.82) is 0 Å². The molecule has 0 aliphatic heterocycles. The first-order chi connectivity index (χ1) is 13.3. The van der Waals surface area contributed by atoms with Gasteiger partial charge in [0.15, 0.2) is 0 Å². The zero-order valence-corrected chi connectivity index (χ0v) is 17.2. The van der Waals surface area contributed by atoms with Crippen molar-refractivity contribution in [2.75, 3.05) is 5.32 Å². The maximum absolute atomic E-state index is 12.8. The molecule has 1 N–H and O–H groups in total. The van der Waals surface area contributed by atoms with Crippen LogP contribution in [0.25, 0.3) is 21.3 Å². The standard InChI is InChI=1S/C22H22N4OS/c1-22(2,3)19-12-20(26(4)25-19)24-21(27)18-11-16-17(28-18)10-15(13-23-16)14-8-6-5-7-9-14/h5-13H,1-4H3,(H,24,27). The van der Waals surface area contributed by atoms with E-state index in [1.165, 1.54) is 11.3 Å². The van der Waals surface area contributed by atoms with Crippen molar-refractivity contribution in [3.8, 4) is 11.1 Å². The molecule has 1 amide bonds. The minimum Gasteiger partial charge on any atom is -0.306 e. The van der Waals surface area contributed by atoms with Crippen molar-refractivity contribution in [1.82, 2.24) is 14.8 Å². The summed E-state index contributed by atoms with van der Waals surface area (Å²) in [5, 5.41) is 7.48. The summed E-state index contributed by atoms with van der Waals surface area (Å²) < 4.78 is 2.70. The van der Waals surface area contributed by atoms with Crippen LogP contribution in [0.4, 0.5) is 5.82 Å². The molecule has 0 aliphatic carbocycles. The fourth-order valence-electron chi connectivity index (χ4n) is 2.95. The Morgan fingerprint density at radius 2 is 1.82 bits per heavy atom. The van der Waals surface area contributed by atoms with Crippen molar-refractivity contribution >= 4 is 33.3 Å². The van der Waals surface area contributed by atoms with Crippen LogP contribution in [0.5, 0.6) is 0 Å². The van der Waals surface area contributed by atoms with E-state index in [2.05, 4.69) is 54.4 Å². The maximum Gasteiger partial charge on any atom is 0.266 e. The second-order valence-corrected chi connectivity index (χ2v) is 8.91. The number of hydrogen-bond acceptors (Lipinski definition) is 4. The molecule has 0 atom stereocenters. The number of rotatable bonds is 3. The molecular formula is C22H22N4OS. The molecule has 142 valence electrons. The molecule has 0 saturated carbocycles. The first-order valence-corrected chi connectivity index (χ1v) is 9.94. The molecule has 0 fully saturated rings. The summed E-state index contributed by atoms with van der Waals surface area (Å²) in [6, 6.07) is 16.0. The van der Waals surface area contributed by atoms with E-state index in [9.17, 15) is 4.79 Å². The van der Waals surface area contributed by atoms with Gasteiger partial charge in [-0.3, -0.25) is 14.5 Å². The highest BCUT2D eigenvalue weighted by Gasteiger charge is 2.20. The van der Waals surface area contributed by atoms with Gasteiger partial charge >= 0.3 is 0 Å². The number of hydrogen-bond donors (Lipinski definition) is 1. The molecule has 0 unspecified atom stereocenters. The summed E-state index contributed by atoms with van der Waals surface area (Å²) in [4.78, 5) is 17.9. The minimum atomic E-state index is -0.146. The van der Waals surface area contributed by atoms with Gasteiger partial charge in [0.2, 0.25) is 0 Å². The number of fused-ring (bicyclic) bond motifs is 1. The Morgan fingerprint density at radius 3 is 2.50 bits per heavy atom. The monoisotopic (exact) mass is 390 g/mol. The van der Waals surface area contributed by atoms with Gasteiger partial charge in [-0.15, -0.1) is 11.3 Å². The topological polar surface area (TPSA) is 59.8 Å². The SMILES string of the molecule is Cn1nc(C(C)(C)C)cc1NC(=O)c1cc2ncc(-c3ccccc3)cc2s1. The quantitative estimate of drug-likeness (QED) is 0.520. The second-order valence-electron chi connectivity index (χ2n) is 7.83. The van der Waals surface area contributed by atoms with Crippen LogP contribution in [-0.2, 0) is 12.5 Å². The molecule has 0 saturated heterocycles. The third-order valence-electron chi connectivity index (χ3n) is 4.59. The van der Waals surface area contributed by atoms with E-state index >= 15 is 0 Å². The van der Waals surface area contributed by atoms with Gasteiger partial charge in [-0.05, 0) is 17.7 Å². The molecule has 0 radical (unpaired) electrons. The van der Waals surface area contributed by atoms with E-state index in [0.29, 0.717) is 10.7 Å². The van der Waals surface area contributed by atoms with E-state index in [1.807, 2.05) is 43.6 Å². The van der Waals surface area contributed by atoms with Crippen molar-refractivity contribution < 1.29 is 4.79 Å². The predicted octanol–water partition coefficient (Wildman–Crippen LogP) is 5.25. The molecule has 6 heteroatoms. The number of aromatic nitrogens is 3. The number of aryl methyl sites for hydroxylation is 1. The van der Waals surface area contributed by atoms with Crippen molar-refractivity contribution in [3.63, 3.8) is 0 Å². The van der Waals surface area contributed by atoms with E-state index in [4.69, 9.17) is 0 Å². The maximum atomic E-state index is 12.8. The van der Waals surface area contributed by atoms with Gasteiger partial charge in [0, 0.05) is 30.3 Å². The molecule has 28 heavy (non-hydrogen) atoms. The Hall–Kier alpha value is -2.99. The third kappa shape index (κ3) is 3.55. The van der Waals surface area contributed by atoms with Gasteiger partial charge in [-0.25, -0.2) is 0 Å².